The van der Waals surface area contributed by atoms with Crippen LogP contribution in [0.2, 0.25) is 0 Å². The van der Waals surface area contributed by atoms with Crippen LogP contribution in [0.25, 0.3) is 16.8 Å². The summed E-state index contributed by atoms with van der Waals surface area (Å²) in [7, 11) is 0. The number of hydrogen-bond donors (Lipinski definition) is 1. The van der Waals surface area contributed by atoms with Crippen LogP contribution in [0.5, 0.6) is 5.75 Å². The molecule has 29 heavy (non-hydrogen) atoms. The average molecular weight is 408 g/mol. The monoisotopic (exact) mass is 408 g/mol. The zero-order valence-electron chi connectivity index (χ0n) is 15.3. The third-order valence-corrected chi connectivity index (χ3v) is 5.30. The van der Waals surface area contributed by atoms with Crippen LogP contribution in [0.15, 0.2) is 60.7 Å². The molecule has 1 aliphatic rings. The van der Waals surface area contributed by atoms with E-state index in [1.165, 1.54) is 6.08 Å². The van der Waals surface area contributed by atoms with Crippen molar-refractivity contribution in [3.05, 3.63) is 77.6 Å². The maximum absolute atomic E-state index is 15.5. The van der Waals surface area contributed by atoms with E-state index < -0.39 is 5.82 Å². The summed E-state index contributed by atoms with van der Waals surface area (Å²) >= 11 is 1.04. The molecule has 0 aliphatic carbocycles. The van der Waals surface area contributed by atoms with Gasteiger partial charge in [0.25, 0.3) is 5.91 Å². The van der Waals surface area contributed by atoms with Gasteiger partial charge in [0.1, 0.15) is 30.9 Å². The van der Waals surface area contributed by atoms with Gasteiger partial charge in [-0.05, 0) is 34.7 Å². The van der Waals surface area contributed by atoms with Gasteiger partial charge in [0.15, 0.2) is 5.82 Å². The maximum atomic E-state index is 15.5. The highest BCUT2D eigenvalue weighted by atomic mass is 32.2. The first-order valence-corrected chi connectivity index (χ1v) is 9.71. The number of allylic oxidation sites excluding steroid dienone is 1. The van der Waals surface area contributed by atoms with Crippen molar-refractivity contribution in [2.24, 2.45) is 0 Å². The van der Waals surface area contributed by atoms with E-state index >= 15 is 4.39 Å². The predicted octanol–water partition coefficient (Wildman–Crippen LogP) is 4.27. The first kappa shape index (κ1) is 19.0. The number of anilines is 1. The summed E-state index contributed by atoms with van der Waals surface area (Å²) in [6.07, 6.45) is 3.73. The highest BCUT2D eigenvalue weighted by Crippen LogP contribution is 2.41. The standard InChI is InChI=1S/C22H17FN2O3S/c23-21-18-9-8-15(7-4-10-26)11-17(18)12-19(22(21)25-13-20(27)24-29-25)28-14-16-5-2-1-3-6-16/h1-12H,13-14H2,(H,24,27)/b7-4+. The van der Waals surface area contributed by atoms with Crippen molar-refractivity contribution in [3.8, 4) is 5.75 Å². The fraction of sp³-hybridized carbons (Fsp3) is 0.0909. The fourth-order valence-corrected chi connectivity index (χ4v) is 3.82. The van der Waals surface area contributed by atoms with Gasteiger partial charge < -0.3 is 4.74 Å². The summed E-state index contributed by atoms with van der Waals surface area (Å²) < 4.78 is 25.6. The van der Waals surface area contributed by atoms with E-state index in [1.54, 1.807) is 34.6 Å². The van der Waals surface area contributed by atoms with E-state index in [1.807, 2.05) is 30.3 Å². The van der Waals surface area contributed by atoms with Gasteiger partial charge in [-0.25, -0.2) is 4.39 Å². The number of carbonyl (C=O) groups is 2. The molecule has 0 aromatic heterocycles. The summed E-state index contributed by atoms with van der Waals surface area (Å²) in [4.78, 5) is 22.2. The fourth-order valence-electron chi connectivity index (χ4n) is 3.10. The van der Waals surface area contributed by atoms with Gasteiger partial charge in [-0.1, -0.05) is 48.5 Å². The minimum absolute atomic E-state index is 0.0367. The Morgan fingerprint density at radius 2 is 2.00 bits per heavy atom. The molecule has 7 heteroatoms. The molecule has 0 atom stereocenters. The van der Waals surface area contributed by atoms with Crippen LogP contribution in [-0.4, -0.2) is 18.7 Å². The molecule has 1 amide bonds. The zero-order chi connectivity index (χ0) is 20.2. The largest absolute Gasteiger partial charge is 0.487 e. The summed E-state index contributed by atoms with van der Waals surface area (Å²) in [5.74, 6) is -0.308. The van der Waals surface area contributed by atoms with Crippen LogP contribution in [-0.2, 0) is 16.2 Å². The number of benzene rings is 3. The number of carbonyl (C=O) groups excluding carboxylic acids is 2. The average Bonchev–Trinajstić information content (AvgIpc) is 3.17. The molecule has 0 unspecified atom stereocenters. The number of amides is 1. The Bertz CT molecular complexity index is 1100. The van der Waals surface area contributed by atoms with Crippen LogP contribution in [0.3, 0.4) is 0 Å². The number of hydrogen-bond acceptors (Lipinski definition) is 5. The van der Waals surface area contributed by atoms with Gasteiger partial charge >= 0.3 is 0 Å². The Balaban J connectivity index is 1.78. The molecule has 3 aromatic rings. The molecule has 4 rings (SSSR count). The molecule has 0 bridgehead atoms. The smallest absolute Gasteiger partial charge is 0.251 e. The van der Waals surface area contributed by atoms with Gasteiger partial charge in [0.05, 0.1) is 12.1 Å². The third kappa shape index (κ3) is 4.09. The molecule has 1 saturated heterocycles. The van der Waals surface area contributed by atoms with Gasteiger partial charge in [-0.3, -0.25) is 18.6 Å². The Hall–Kier alpha value is -3.32. The summed E-state index contributed by atoms with van der Waals surface area (Å²) in [6.45, 7) is 0.304. The molecule has 146 valence electrons. The number of ether oxygens (including phenoxy) is 1. The minimum atomic E-state index is -0.458. The van der Waals surface area contributed by atoms with Crippen molar-refractivity contribution in [3.63, 3.8) is 0 Å². The lowest BCUT2D eigenvalue weighted by Crippen LogP contribution is -2.17. The molecule has 0 radical (unpaired) electrons. The molecule has 0 saturated carbocycles. The summed E-state index contributed by atoms with van der Waals surface area (Å²) in [5, 5.41) is 1.06. The molecule has 1 N–H and O–H groups in total. The number of rotatable bonds is 6. The number of nitrogens with zero attached hydrogens (tertiary/aromatic N) is 1. The molecular weight excluding hydrogens is 391 g/mol. The second-order valence-corrected chi connectivity index (χ2v) is 7.27. The third-order valence-electron chi connectivity index (χ3n) is 4.45. The highest BCUT2D eigenvalue weighted by Gasteiger charge is 2.28. The number of halogens is 1. The second-order valence-electron chi connectivity index (χ2n) is 6.44. The highest BCUT2D eigenvalue weighted by molar-refractivity contribution is 7.99. The lowest BCUT2D eigenvalue weighted by atomic mass is 10.0. The maximum Gasteiger partial charge on any atom is 0.251 e. The van der Waals surface area contributed by atoms with Crippen LogP contribution < -0.4 is 13.8 Å². The molecular formula is C22H17FN2O3S. The second kappa shape index (κ2) is 8.36. The predicted molar refractivity (Wildman–Crippen MR) is 113 cm³/mol. The molecule has 0 spiro atoms. The van der Waals surface area contributed by atoms with E-state index in [-0.39, 0.29) is 24.7 Å². The first-order chi connectivity index (χ1) is 14.2. The number of fused-ring (bicyclic) bond motifs is 1. The van der Waals surface area contributed by atoms with Crippen LogP contribution in [0, 0.1) is 5.82 Å². The van der Waals surface area contributed by atoms with Gasteiger partial charge in [-0.15, -0.1) is 0 Å². The Morgan fingerprint density at radius 3 is 2.72 bits per heavy atom. The molecule has 5 nitrogen and oxygen atoms in total. The van der Waals surface area contributed by atoms with Crippen molar-refractivity contribution < 1.29 is 18.7 Å². The van der Waals surface area contributed by atoms with Gasteiger partial charge in [-0.2, -0.15) is 0 Å². The molecule has 1 aliphatic heterocycles. The van der Waals surface area contributed by atoms with E-state index in [9.17, 15) is 9.59 Å². The van der Waals surface area contributed by atoms with Crippen molar-refractivity contribution in [1.82, 2.24) is 4.72 Å². The summed E-state index contributed by atoms with van der Waals surface area (Å²) in [6, 6.07) is 16.5. The van der Waals surface area contributed by atoms with E-state index in [0.29, 0.717) is 22.8 Å². The Morgan fingerprint density at radius 1 is 1.17 bits per heavy atom. The minimum Gasteiger partial charge on any atom is -0.487 e. The number of nitrogens with one attached hydrogen (secondary N) is 1. The van der Waals surface area contributed by atoms with Crippen molar-refractivity contribution in [2.45, 2.75) is 6.61 Å². The topological polar surface area (TPSA) is 58.6 Å². The SMILES string of the molecule is O=C/C=C/c1ccc2c(F)c(N3CC(=O)NS3)c(OCc3ccccc3)cc2c1. The molecule has 1 fully saturated rings. The van der Waals surface area contributed by atoms with Gasteiger partial charge in [0.2, 0.25) is 0 Å². The molecule has 3 aromatic carbocycles. The van der Waals surface area contributed by atoms with E-state index in [0.717, 1.165) is 23.3 Å². The normalized spacial score (nSPS) is 13.8. The quantitative estimate of drug-likeness (QED) is 0.375. The van der Waals surface area contributed by atoms with Crippen LogP contribution in [0.4, 0.5) is 10.1 Å². The summed E-state index contributed by atoms with van der Waals surface area (Å²) in [5.41, 5.74) is 1.95. The Kier molecular flexibility index (Phi) is 5.48. The lowest BCUT2D eigenvalue weighted by Gasteiger charge is -2.20. The van der Waals surface area contributed by atoms with Crippen molar-refractivity contribution in [2.75, 3.05) is 10.8 Å². The number of aldehydes is 1. The Labute approximate surface area is 171 Å². The van der Waals surface area contributed by atoms with E-state index in [2.05, 4.69) is 4.72 Å². The van der Waals surface area contributed by atoms with Crippen LogP contribution >= 0.6 is 12.1 Å². The van der Waals surface area contributed by atoms with Gasteiger partial charge in [0, 0.05) is 5.39 Å². The first-order valence-electron chi connectivity index (χ1n) is 8.94. The lowest BCUT2D eigenvalue weighted by molar-refractivity contribution is -0.117. The van der Waals surface area contributed by atoms with Crippen LogP contribution in [0.1, 0.15) is 11.1 Å². The van der Waals surface area contributed by atoms with Crippen molar-refractivity contribution >= 4 is 46.9 Å². The zero-order valence-corrected chi connectivity index (χ0v) is 16.1. The van der Waals surface area contributed by atoms with Crippen molar-refractivity contribution in [1.29, 1.82) is 0 Å². The van der Waals surface area contributed by atoms with E-state index in [4.69, 9.17) is 4.74 Å². The molecule has 1 heterocycles.